The fourth-order valence-corrected chi connectivity index (χ4v) is 3.07. The predicted molar refractivity (Wildman–Crippen MR) is 83.6 cm³/mol. The van der Waals surface area contributed by atoms with Crippen molar-refractivity contribution in [2.45, 2.75) is 46.6 Å². The van der Waals surface area contributed by atoms with Crippen LogP contribution < -0.4 is 10.2 Å². The number of hydrogen-bond acceptors (Lipinski definition) is 2. The summed E-state index contributed by atoms with van der Waals surface area (Å²) in [5.41, 5.74) is 2.16. The number of piperidine rings is 1. The highest BCUT2D eigenvalue weighted by atomic mass is 19.1. The molecule has 1 aromatic carbocycles. The molecule has 0 atom stereocenters. The molecule has 0 bridgehead atoms. The van der Waals surface area contributed by atoms with E-state index in [4.69, 9.17) is 0 Å². The minimum Gasteiger partial charge on any atom is -0.368 e. The van der Waals surface area contributed by atoms with Crippen LogP contribution >= 0.6 is 0 Å². The zero-order valence-corrected chi connectivity index (χ0v) is 13.0. The molecular weight excluding hydrogens is 251 g/mol. The van der Waals surface area contributed by atoms with Crippen LogP contribution in [0.3, 0.4) is 0 Å². The van der Waals surface area contributed by atoms with Crippen molar-refractivity contribution in [3.8, 4) is 0 Å². The molecule has 2 nitrogen and oxygen atoms in total. The molecule has 1 aliphatic heterocycles. The van der Waals surface area contributed by atoms with Crippen molar-refractivity contribution < 1.29 is 4.39 Å². The van der Waals surface area contributed by atoms with E-state index in [2.05, 4.69) is 31.0 Å². The van der Waals surface area contributed by atoms with Gasteiger partial charge in [-0.2, -0.15) is 0 Å². The van der Waals surface area contributed by atoms with Crippen LogP contribution in [0.2, 0.25) is 0 Å². The standard InChI is InChI=1S/C17H27FN2/c1-4-10-19-12-14-7-5-8-15(18)16(14)20-11-6-9-17(2,3)13-20/h5,7-8,19H,4,6,9-13H2,1-3H3. The lowest BCUT2D eigenvalue weighted by molar-refractivity contribution is 0.291. The summed E-state index contributed by atoms with van der Waals surface area (Å²) in [4.78, 5) is 2.24. The van der Waals surface area contributed by atoms with Gasteiger partial charge in [0.05, 0.1) is 5.69 Å². The Bertz CT molecular complexity index is 443. The number of para-hydroxylation sites is 1. The number of anilines is 1. The summed E-state index contributed by atoms with van der Waals surface area (Å²) in [6, 6.07) is 5.44. The van der Waals surface area contributed by atoms with E-state index in [0.29, 0.717) is 0 Å². The number of nitrogens with zero attached hydrogens (tertiary/aromatic N) is 1. The third-order valence-electron chi connectivity index (χ3n) is 4.03. The molecule has 1 fully saturated rings. The van der Waals surface area contributed by atoms with Gasteiger partial charge in [0.25, 0.3) is 0 Å². The average Bonchev–Trinajstić information content (AvgIpc) is 2.38. The number of hydrogen-bond donors (Lipinski definition) is 1. The molecule has 0 amide bonds. The molecule has 0 radical (unpaired) electrons. The van der Waals surface area contributed by atoms with Crippen molar-refractivity contribution in [3.05, 3.63) is 29.6 Å². The van der Waals surface area contributed by atoms with E-state index in [9.17, 15) is 4.39 Å². The predicted octanol–water partition coefficient (Wildman–Crippen LogP) is 3.95. The van der Waals surface area contributed by atoms with Crippen LogP contribution in [-0.4, -0.2) is 19.6 Å². The lowest BCUT2D eigenvalue weighted by atomic mass is 9.84. The van der Waals surface area contributed by atoms with Crippen LogP contribution in [0.1, 0.15) is 45.6 Å². The van der Waals surface area contributed by atoms with E-state index in [-0.39, 0.29) is 11.2 Å². The third-order valence-corrected chi connectivity index (χ3v) is 4.03. The largest absolute Gasteiger partial charge is 0.368 e. The molecule has 112 valence electrons. The molecular formula is C17H27FN2. The van der Waals surface area contributed by atoms with Crippen molar-refractivity contribution in [3.63, 3.8) is 0 Å². The highest BCUT2D eigenvalue weighted by Crippen LogP contribution is 2.34. The van der Waals surface area contributed by atoms with Crippen LogP contribution in [0.4, 0.5) is 10.1 Å². The summed E-state index contributed by atoms with van der Waals surface area (Å²) >= 11 is 0. The molecule has 2 rings (SSSR count). The van der Waals surface area contributed by atoms with Crippen LogP contribution in [0.5, 0.6) is 0 Å². The van der Waals surface area contributed by atoms with Crippen LogP contribution in [0, 0.1) is 11.2 Å². The maximum atomic E-state index is 14.3. The molecule has 1 aliphatic rings. The van der Waals surface area contributed by atoms with Crippen molar-refractivity contribution in [2.24, 2.45) is 5.41 Å². The lowest BCUT2D eigenvalue weighted by Crippen LogP contribution is -2.41. The fourth-order valence-electron chi connectivity index (χ4n) is 3.07. The Morgan fingerprint density at radius 3 is 2.85 bits per heavy atom. The molecule has 3 heteroatoms. The minimum absolute atomic E-state index is 0.0847. The van der Waals surface area contributed by atoms with Gasteiger partial charge in [-0.15, -0.1) is 0 Å². The SMILES string of the molecule is CCCNCc1cccc(F)c1N1CCCC(C)(C)C1. The minimum atomic E-state index is -0.0847. The second-order valence-corrected chi connectivity index (χ2v) is 6.61. The third kappa shape index (κ3) is 3.72. The summed E-state index contributed by atoms with van der Waals surface area (Å²) in [6.07, 6.45) is 3.46. The van der Waals surface area contributed by atoms with E-state index < -0.39 is 0 Å². The Morgan fingerprint density at radius 2 is 2.15 bits per heavy atom. The van der Waals surface area contributed by atoms with Crippen LogP contribution in [0.15, 0.2) is 18.2 Å². The first kappa shape index (κ1) is 15.3. The number of benzene rings is 1. The van der Waals surface area contributed by atoms with E-state index in [1.807, 2.05) is 12.1 Å². The zero-order valence-electron chi connectivity index (χ0n) is 13.0. The Labute approximate surface area is 122 Å². The molecule has 0 aromatic heterocycles. The van der Waals surface area contributed by atoms with Crippen molar-refractivity contribution in [1.82, 2.24) is 5.32 Å². The summed E-state index contributed by atoms with van der Waals surface area (Å²) in [6.45, 7) is 10.3. The Morgan fingerprint density at radius 1 is 1.35 bits per heavy atom. The number of rotatable bonds is 5. The van der Waals surface area contributed by atoms with Gasteiger partial charge in [0.2, 0.25) is 0 Å². The van der Waals surface area contributed by atoms with Gasteiger partial charge in [0.15, 0.2) is 0 Å². The molecule has 0 unspecified atom stereocenters. The molecule has 20 heavy (non-hydrogen) atoms. The highest BCUT2D eigenvalue weighted by molar-refractivity contribution is 5.55. The smallest absolute Gasteiger partial charge is 0.146 e. The van der Waals surface area contributed by atoms with Gasteiger partial charge in [-0.05, 0) is 42.9 Å². The van der Waals surface area contributed by atoms with Gasteiger partial charge in [-0.1, -0.05) is 32.9 Å². The lowest BCUT2D eigenvalue weighted by Gasteiger charge is -2.40. The maximum absolute atomic E-state index is 14.3. The van der Waals surface area contributed by atoms with Gasteiger partial charge in [0, 0.05) is 19.6 Å². The summed E-state index contributed by atoms with van der Waals surface area (Å²) in [5.74, 6) is -0.0847. The van der Waals surface area contributed by atoms with Gasteiger partial charge >= 0.3 is 0 Å². The van der Waals surface area contributed by atoms with Gasteiger partial charge in [-0.3, -0.25) is 0 Å². The topological polar surface area (TPSA) is 15.3 Å². The van der Waals surface area contributed by atoms with E-state index in [1.54, 1.807) is 6.07 Å². The zero-order chi connectivity index (χ0) is 14.6. The van der Waals surface area contributed by atoms with Crippen molar-refractivity contribution in [2.75, 3.05) is 24.5 Å². The Hall–Kier alpha value is -1.09. The normalized spacial score (nSPS) is 18.3. The van der Waals surface area contributed by atoms with Gasteiger partial charge in [0.1, 0.15) is 5.82 Å². The van der Waals surface area contributed by atoms with E-state index in [0.717, 1.165) is 50.3 Å². The first-order valence-electron chi connectivity index (χ1n) is 7.76. The van der Waals surface area contributed by atoms with Gasteiger partial charge < -0.3 is 10.2 Å². The number of halogens is 1. The highest BCUT2D eigenvalue weighted by Gasteiger charge is 2.28. The van der Waals surface area contributed by atoms with Crippen molar-refractivity contribution >= 4 is 5.69 Å². The molecule has 1 N–H and O–H groups in total. The molecule has 0 aliphatic carbocycles. The Kier molecular flexibility index (Phi) is 5.03. The van der Waals surface area contributed by atoms with E-state index in [1.165, 1.54) is 6.42 Å². The van der Waals surface area contributed by atoms with Gasteiger partial charge in [-0.25, -0.2) is 4.39 Å². The summed E-state index contributed by atoms with van der Waals surface area (Å²) < 4.78 is 14.3. The molecule has 1 saturated heterocycles. The average molecular weight is 278 g/mol. The first-order valence-corrected chi connectivity index (χ1v) is 7.76. The van der Waals surface area contributed by atoms with Crippen LogP contribution in [0.25, 0.3) is 0 Å². The fraction of sp³-hybridized carbons (Fsp3) is 0.647. The Balaban J connectivity index is 2.20. The molecule has 0 spiro atoms. The maximum Gasteiger partial charge on any atom is 0.146 e. The number of nitrogens with one attached hydrogen (secondary N) is 1. The molecule has 0 saturated carbocycles. The second kappa shape index (κ2) is 6.57. The monoisotopic (exact) mass is 278 g/mol. The van der Waals surface area contributed by atoms with Crippen LogP contribution in [-0.2, 0) is 6.54 Å². The summed E-state index contributed by atoms with van der Waals surface area (Å²) in [7, 11) is 0. The molecule has 1 aromatic rings. The van der Waals surface area contributed by atoms with Crippen molar-refractivity contribution in [1.29, 1.82) is 0 Å². The summed E-state index contributed by atoms with van der Waals surface area (Å²) in [5, 5.41) is 3.39. The molecule has 1 heterocycles. The van der Waals surface area contributed by atoms with E-state index >= 15 is 0 Å². The second-order valence-electron chi connectivity index (χ2n) is 6.61. The first-order chi connectivity index (χ1) is 9.53. The quantitative estimate of drug-likeness (QED) is 0.820.